The van der Waals surface area contributed by atoms with Gasteiger partial charge < -0.3 is 19.5 Å². The molecular weight excluding hydrogens is 420 g/mol. The summed E-state index contributed by atoms with van der Waals surface area (Å²) in [5, 5.41) is 2.17. The highest BCUT2D eigenvalue weighted by atomic mass is 19.1. The van der Waals surface area contributed by atoms with E-state index in [2.05, 4.69) is 5.32 Å². The van der Waals surface area contributed by atoms with Gasteiger partial charge in [-0.3, -0.25) is 4.79 Å². The molecule has 0 bridgehead atoms. The van der Waals surface area contributed by atoms with E-state index < -0.39 is 36.2 Å². The molecule has 8 heteroatoms. The molecule has 32 heavy (non-hydrogen) atoms. The van der Waals surface area contributed by atoms with Crippen molar-refractivity contribution in [3.8, 4) is 11.5 Å². The Morgan fingerprint density at radius 2 is 1.56 bits per heavy atom. The van der Waals surface area contributed by atoms with Gasteiger partial charge in [-0.05, 0) is 48.9 Å². The van der Waals surface area contributed by atoms with Crippen LogP contribution in [0.4, 0.5) is 14.5 Å². The Balaban J connectivity index is 1.42. The third kappa shape index (κ3) is 6.80. The number of amides is 1. The van der Waals surface area contributed by atoms with Gasteiger partial charge in [0.2, 0.25) is 0 Å². The first-order chi connectivity index (χ1) is 15.4. The lowest BCUT2D eigenvalue weighted by Crippen LogP contribution is -2.32. The van der Waals surface area contributed by atoms with Gasteiger partial charge in [-0.1, -0.05) is 30.3 Å². The maximum absolute atomic E-state index is 13.6. The van der Waals surface area contributed by atoms with Crippen LogP contribution >= 0.6 is 0 Å². The second-order valence-electron chi connectivity index (χ2n) is 6.78. The zero-order valence-electron chi connectivity index (χ0n) is 17.2. The van der Waals surface area contributed by atoms with Gasteiger partial charge in [-0.15, -0.1) is 0 Å². The van der Waals surface area contributed by atoms with Gasteiger partial charge in [0.05, 0.1) is 5.69 Å². The molecule has 0 aliphatic carbocycles. The lowest BCUT2D eigenvalue weighted by Gasteiger charge is -2.14. The highest BCUT2D eigenvalue weighted by Crippen LogP contribution is 2.19. The van der Waals surface area contributed by atoms with Crippen molar-refractivity contribution < 1.29 is 32.6 Å². The topological polar surface area (TPSA) is 73.9 Å². The van der Waals surface area contributed by atoms with Gasteiger partial charge in [-0.25, -0.2) is 13.6 Å². The van der Waals surface area contributed by atoms with Crippen LogP contribution in [0.2, 0.25) is 0 Å². The molecule has 0 aromatic heterocycles. The standard InChI is InChI=1S/C24H21F2NO5/c1-16(24(29)27-22-13-18(25)7-12-21(22)26)32-23(28)15-31-20-10-8-19(9-11-20)30-14-17-5-3-2-4-6-17/h2-13,16H,14-15H2,1H3,(H,27,29). The molecule has 3 rings (SSSR count). The SMILES string of the molecule is CC(OC(=O)COc1ccc(OCc2ccccc2)cc1)C(=O)Nc1cc(F)ccc1F. The van der Waals surface area contributed by atoms with Crippen molar-refractivity contribution in [1.29, 1.82) is 0 Å². The predicted octanol–water partition coefficient (Wildman–Crippen LogP) is 4.49. The molecule has 1 atom stereocenters. The lowest BCUT2D eigenvalue weighted by atomic mass is 10.2. The molecule has 1 unspecified atom stereocenters. The van der Waals surface area contributed by atoms with E-state index in [1.165, 1.54) is 6.92 Å². The minimum Gasteiger partial charge on any atom is -0.489 e. The maximum Gasteiger partial charge on any atom is 0.344 e. The number of halogens is 2. The highest BCUT2D eigenvalue weighted by Gasteiger charge is 2.19. The quantitative estimate of drug-likeness (QED) is 0.495. The molecule has 1 amide bonds. The normalized spacial score (nSPS) is 11.3. The average molecular weight is 441 g/mol. The Morgan fingerprint density at radius 1 is 0.906 bits per heavy atom. The molecule has 166 valence electrons. The van der Waals surface area contributed by atoms with E-state index in [1.54, 1.807) is 24.3 Å². The van der Waals surface area contributed by atoms with Crippen LogP contribution in [-0.4, -0.2) is 24.6 Å². The fourth-order valence-corrected chi connectivity index (χ4v) is 2.63. The first-order valence-corrected chi connectivity index (χ1v) is 9.75. The number of ether oxygens (including phenoxy) is 3. The summed E-state index contributed by atoms with van der Waals surface area (Å²) in [7, 11) is 0. The minimum absolute atomic E-state index is 0.344. The predicted molar refractivity (Wildman–Crippen MR) is 113 cm³/mol. The molecule has 0 radical (unpaired) electrons. The van der Waals surface area contributed by atoms with Crippen LogP contribution in [0.1, 0.15) is 12.5 Å². The average Bonchev–Trinajstić information content (AvgIpc) is 2.80. The summed E-state index contributed by atoms with van der Waals surface area (Å²) in [6.45, 7) is 1.30. The monoisotopic (exact) mass is 441 g/mol. The molecule has 0 aliphatic rings. The first kappa shape index (κ1) is 22.7. The third-order valence-electron chi connectivity index (χ3n) is 4.29. The molecule has 0 fully saturated rings. The van der Waals surface area contributed by atoms with Crippen molar-refractivity contribution in [2.24, 2.45) is 0 Å². The molecule has 0 aliphatic heterocycles. The second-order valence-corrected chi connectivity index (χ2v) is 6.78. The van der Waals surface area contributed by atoms with Crippen molar-refractivity contribution in [3.63, 3.8) is 0 Å². The van der Waals surface area contributed by atoms with Crippen LogP contribution in [0.15, 0.2) is 72.8 Å². The summed E-state index contributed by atoms with van der Waals surface area (Å²) in [5.74, 6) is -2.07. The van der Waals surface area contributed by atoms with Crippen molar-refractivity contribution in [1.82, 2.24) is 0 Å². The molecule has 0 saturated carbocycles. The van der Waals surface area contributed by atoms with E-state index in [0.29, 0.717) is 18.1 Å². The van der Waals surface area contributed by atoms with Crippen molar-refractivity contribution in [2.45, 2.75) is 19.6 Å². The van der Waals surface area contributed by atoms with E-state index >= 15 is 0 Å². The third-order valence-corrected chi connectivity index (χ3v) is 4.29. The number of carbonyl (C=O) groups is 2. The largest absolute Gasteiger partial charge is 0.489 e. The van der Waals surface area contributed by atoms with Crippen molar-refractivity contribution in [3.05, 3.63) is 90.0 Å². The number of hydrogen-bond donors (Lipinski definition) is 1. The van der Waals surface area contributed by atoms with E-state index in [-0.39, 0.29) is 5.69 Å². The van der Waals surface area contributed by atoms with E-state index in [9.17, 15) is 18.4 Å². The maximum atomic E-state index is 13.6. The van der Waals surface area contributed by atoms with Gasteiger partial charge in [0.1, 0.15) is 29.7 Å². The van der Waals surface area contributed by atoms with Crippen LogP contribution in [0.25, 0.3) is 0 Å². The molecule has 0 saturated heterocycles. The smallest absolute Gasteiger partial charge is 0.344 e. The van der Waals surface area contributed by atoms with E-state index in [1.807, 2.05) is 30.3 Å². The van der Waals surface area contributed by atoms with Gasteiger partial charge in [0.15, 0.2) is 12.7 Å². The Labute approximate surface area is 183 Å². The lowest BCUT2D eigenvalue weighted by molar-refractivity contribution is -0.155. The fourth-order valence-electron chi connectivity index (χ4n) is 2.63. The van der Waals surface area contributed by atoms with Gasteiger partial charge in [-0.2, -0.15) is 0 Å². The Hall–Kier alpha value is -3.94. The van der Waals surface area contributed by atoms with Gasteiger partial charge in [0.25, 0.3) is 5.91 Å². The molecule has 0 heterocycles. The van der Waals surface area contributed by atoms with Gasteiger partial charge in [0, 0.05) is 6.07 Å². The molecule has 6 nitrogen and oxygen atoms in total. The number of carbonyl (C=O) groups excluding carboxylic acids is 2. The zero-order chi connectivity index (χ0) is 22.9. The molecule has 3 aromatic carbocycles. The van der Waals surface area contributed by atoms with E-state index in [0.717, 1.165) is 23.8 Å². The summed E-state index contributed by atoms with van der Waals surface area (Å²) >= 11 is 0. The Morgan fingerprint density at radius 3 is 2.25 bits per heavy atom. The highest BCUT2D eigenvalue weighted by molar-refractivity contribution is 5.95. The number of anilines is 1. The van der Waals surface area contributed by atoms with Crippen LogP contribution < -0.4 is 14.8 Å². The molecular formula is C24H21F2NO5. The molecule has 0 spiro atoms. The summed E-state index contributed by atoms with van der Waals surface area (Å²) in [6, 6.07) is 19.0. The van der Waals surface area contributed by atoms with E-state index in [4.69, 9.17) is 14.2 Å². The molecule has 3 aromatic rings. The number of rotatable bonds is 9. The van der Waals surface area contributed by atoms with Crippen molar-refractivity contribution in [2.75, 3.05) is 11.9 Å². The van der Waals surface area contributed by atoms with Gasteiger partial charge >= 0.3 is 5.97 Å². The van der Waals surface area contributed by atoms with Crippen LogP contribution in [0.5, 0.6) is 11.5 Å². The van der Waals surface area contributed by atoms with Crippen molar-refractivity contribution >= 4 is 17.6 Å². The summed E-state index contributed by atoms with van der Waals surface area (Å²) in [4.78, 5) is 24.0. The number of nitrogens with one attached hydrogen (secondary N) is 1. The summed E-state index contributed by atoms with van der Waals surface area (Å²) in [5.41, 5.74) is 0.692. The Bertz CT molecular complexity index is 1060. The first-order valence-electron chi connectivity index (χ1n) is 9.75. The summed E-state index contributed by atoms with van der Waals surface area (Å²) in [6.07, 6.45) is -1.23. The number of hydrogen-bond acceptors (Lipinski definition) is 5. The molecule has 1 N–H and O–H groups in total. The summed E-state index contributed by atoms with van der Waals surface area (Å²) < 4.78 is 42.8. The zero-order valence-corrected chi connectivity index (χ0v) is 17.2. The number of esters is 1. The minimum atomic E-state index is -1.23. The van der Waals surface area contributed by atoms with Crippen LogP contribution in [-0.2, 0) is 20.9 Å². The fraction of sp³-hybridized carbons (Fsp3) is 0.167. The number of benzene rings is 3. The van der Waals surface area contributed by atoms with Crippen LogP contribution in [0, 0.1) is 11.6 Å². The van der Waals surface area contributed by atoms with Crippen LogP contribution in [0.3, 0.4) is 0 Å². The second kappa shape index (κ2) is 10.9. The Kier molecular flexibility index (Phi) is 7.75.